The van der Waals surface area contributed by atoms with Crippen molar-refractivity contribution in [3.63, 3.8) is 0 Å². The third-order valence-electron chi connectivity index (χ3n) is 4.08. The number of carbonyl (C=O) groups is 1. The number of thioether (sulfide) groups is 1. The van der Waals surface area contributed by atoms with Crippen molar-refractivity contribution in [1.82, 2.24) is 4.90 Å². The summed E-state index contributed by atoms with van der Waals surface area (Å²) in [6.07, 6.45) is 0. The lowest BCUT2D eigenvalue weighted by atomic mass is 10.1. The fraction of sp³-hybridized carbons (Fsp3) is 0.278. The largest absolute Gasteiger partial charge is 0.496 e. The van der Waals surface area contributed by atoms with E-state index < -0.39 is 22.8 Å². The molecule has 1 atom stereocenters. The van der Waals surface area contributed by atoms with E-state index in [2.05, 4.69) is 0 Å². The van der Waals surface area contributed by atoms with Crippen LogP contribution in [0.1, 0.15) is 16.5 Å². The van der Waals surface area contributed by atoms with Crippen LogP contribution in [-0.2, 0) is 11.3 Å². The number of benzene rings is 2. The Morgan fingerprint density at radius 3 is 2.23 bits per heavy atom. The van der Waals surface area contributed by atoms with E-state index in [1.165, 1.54) is 30.9 Å². The van der Waals surface area contributed by atoms with E-state index in [1.807, 2.05) is 0 Å². The van der Waals surface area contributed by atoms with Crippen molar-refractivity contribution in [1.29, 1.82) is 0 Å². The van der Waals surface area contributed by atoms with Gasteiger partial charge in [-0.1, -0.05) is 6.07 Å². The molecular formula is C18H16F3NO3S. The Labute approximate surface area is 152 Å². The van der Waals surface area contributed by atoms with Crippen molar-refractivity contribution < 1.29 is 27.4 Å². The normalized spacial score (nSPS) is 16.9. The van der Waals surface area contributed by atoms with E-state index in [1.54, 1.807) is 18.2 Å². The average Bonchev–Trinajstić information content (AvgIpc) is 2.99. The number of amides is 1. The molecule has 2 aromatic carbocycles. The molecule has 0 aromatic heterocycles. The summed E-state index contributed by atoms with van der Waals surface area (Å²) in [5, 5.41) is -0.454. The van der Waals surface area contributed by atoms with Gasteiger partial charge in [0.25, 0.3) is 0 Å². The van der Waals surface area contributed by atoms with Gasteiger partial charge in [-0.2, -0.15) is 0 Å². The third kappa shape index (κ3) is 3.33. The molecule has 3 rings (SSSR count). The van der Waals surface area contributed by atoms with Gasteiger partial charge < -0.3 is 14.4 Å². The first-order valence-electron chi connectivity index (χ1n) is 7.71. The summed E-state index contributed by atoms with van der Waals surface area (Å²) in [5.74, 6) is -3.01. The van der Waals surface area contributed by atoms with E-state index >= 15 is 0 Å². The molecule has 0 N–H and O–H groups in total. The molecule has 1 unspecified atom stereocenters. The first kappa shape index (κ1) is 18.4. The summed E-state index contributed by atoms with van der Waals surface area (Å²) in [4.78, 5) is 13.8. The predicted molar refractivity (Wildman–Crippen MR) is 91.6 cm³/mol. The van der Waals surface area contributed by atoms with Crippen molar-refractivity contribution in [2.45, 2.75) is 11.9 Å². The molecule has 0 bridgehead atoms. The average molecular weight is 383 g/mol. The Bertz CT molecular complexity index is 801. The molecule has 0 spiro atoms. The SMILES string of the molecule is COc1cccc(OC)c1C1SCC(=O)N1Cc1cc(F)c(F)c(F)c1. The summed E-state index contributed by atoms with van der Waals surface area (Å²) in [6.45, 7) is -0.0637. The molecule has 1 heterocycles. The van der Waals surface area contributed by atoms with E-state index in [0.717, 1.165) is 12.1 Å². The molecule has 1 aliphatic heterocycles. The molecular weight excluding hydrogens is 367 g/mol. The first-order chi connectivity index (χ1) is 12.5. The number of halogens is 3. The number of hydrogen-bond donors (Lipinski definition) is 0. The topological polar surface area (TPSA) is 38.8 Å². The van der Waals surface area contributed by atoms with E-state index in [4.69, 9.17) is 9.47 Å². The van der Waals surface area contributed by atoms with Crippen molar-refractivity contribution in [3.8, 4) is 11.5 Å². The summed E-state index contributed by atoms with van der Waals surface area (Å²) >= 11 is 1.36. The molecule has 4 nitrogen and oxygen atoms in total. The number of ether oxygens (including phenoxy) is 2. The van der Waals surface area contributed by atoms with Crippen molar-refractivity contribution in [3.05, 3.63) is 58.9 Å². The Hall–Kier alpha value is -2.35. The summed E-state index contributed by atoms with van der Waals surface area (Å²) in [7, 11) is 3.02. The summed E-state index contributed by atoms with van der Waals surface area (Å²) in [6, 6.07) is 7.04. The van der Waals surface area contributed by atoms with Gasteiger partial charge >= 0.3 is 0 Å². The molecule has 0 saturated carbocycles. The molecule has 1 aliphatic rings. The fourth-order valence-electron chi connectivity index (χ4n) is 2.88. The van der Waals surface area contributed by atoms with Crippen LogP contribution in [0.25, 0.3) is 0 Å². The number of hydrogen-bond acceptors (Lipinski definition) is 4. The van der Waals surface area contributed by atoms with Crippen LogP contribution >= 0.6 is 11.8 Å². The van der Waals surface area contributed by atoms with Gasteiger partial charge in [-0.3, -0.25) is 4.79 Å². The lowest BCUT2D eigenvalue weighted by molar-refractivity contribution is -0.128. The van der Waals surface area contributed by atoms with Crippen LogP contribution in [-0.4, -0.2) is 30.8 Å². The molecule has 1 fully saturated rings. The zero-order valence-corrected chi connectivity index (χ0v) is 14.9. The van der Waals surface area contributed by atoms with Crippen molar-refractivity contribution in [2.24, 2.45) is 0 Å². The van der Waals surface area contributed by atoms with Crippen molar-refractivity contribution >= 4 is 17.7 Å². The minimum Gasteiger partial charge on any atom is -0.496 e. The summed E-state index contributed by atoms with van der Waals surface area (Å²) in [5.41, 5.74) is 0.826. The second-order valence-corrected chi connectivity index (χ2v) is 6.70. The minimum absolute atomic E-state index is 0.0637. The Balaban J connectivity index is 1.98. The zero-order valence-electron chi connectivity index (χ0n) is 14.1. The first-order valence-corrected chi connectivity index (χ1v) is 8.76. The number of carbonyl (C=O) groups excluding carboxylic acids is 1. The monoisotopic (exact) mass is 383 g/mol. The van der Waals surface area contributed by atoms with Gasteiger partial charge in [0.05, 0.1) is 25.5 Å². The van der Waals surface area contributed by atoms with Gasteiger partial charge in [0.1, 0.15) is 16.9 Å². The number of methoxy groups -OCH3 is 2. The van der Waals surface area contributed by atoms with Crippen LogP contribution in [0.5, 0.6) is 11.5 Å². The molecule has 8 heteroatoms. The molecule has 2 aromatic rings. The second kappa shape index (κ2) is 7.49. The Morgan fingerprint density at radius 2 is 1.69 bits per heavy atom. The minimum atomic E-state index is -1.53. The van der Waals surface area contributed by atoms with Crippen LogP contribution in [0.2, 0.25) is 0 Å². The molecule has 26 heavy (non-hydrogen) atoms. The molecule has 0 radical (unpaired) electrons. The third-order valence-corrected chi connectivity index (χ3v) is 5.30. The van der Waals surface area contributed by atoms with Crippen LogP contribution in [0.15, 0.2) is 30.3 Å². The van der Waals surface area contributed by atoms with Gasteiger partial charge in [0, 0.05) is 6.54 Å². The lowest BCUT2D eigenvalue weighted by Gasteiger charge is -2.27. The fourth-order valence-corrected chi connectivity index (χ4v) is 4.12. The molecule has 1 amide bonds. The maximum Gasteiger partial charge on any atom is 0.234 e. The highest BCUT2D eigenvalue weighted by Crippen LogP contribution is 2.47. The highest BCUT2D eigenvalue weighted by molar-refractivity contribution is 8.00. The maximum absolute atomic E-state index is 13.5. The van der Waals surface area contributed by atoms with Crippen LogP contribution in [0.4, 0.5) is 13.2 Å². The standard InChI is InChI=1S/C18H16F3NO3S/c1-24-13-4-3-5-14(25-2)16(13)18-22(15(23)9-26-18)8-10-6-11(19)17(21)12(20)7-10/h3-7,18H,8-9H2,1-2H3. The quantitative estimate of drug-likeness (QED) is 0.735. The van der Waals surface area contributed by atoms with Gasteiger partial charge in [0.15, 0.2) is 17.5 Å². The number of rotatable bonds is 5. The lowest BCUT2D eigenvalue weighted by Crippen LogP contribution is -2.28. The zero-order chi connectivity index (χ0) is 18.8. The smallest absolute Gasteiger partial charge is 0.234 e. The predicted octanol–water partition coefficient (Wildman–Crippen LogP) is 3.90. The van der Waals surface area contributed by atoms with Gasteiger partial charge in [-0.25, -0.2) is 13.2 Å². The van der Waals surface area contributed by atoms with Crippen LogP contribution in [0, 0.1) is 17.5 Å². The summed E-state index contributed by atoms with van der Waals surface area (Å²) < 4.78 is 51.0. The van der Waals surface area contributed by atoms with Crippen LogP contribution in [0.3, 0.4) is 0 Å². The Morgan fingerprint density at radius 1 is 1.12 bits per heavy atom. The van der Waals surface area contributed by atoms with E-state index in [-0.39, 0.29) is 23.8 Å². The van der Waals surface area contributed by atoms with Gasteiger partial charge in [-0.15, -0.1) is 11.8 Å². The number of nitrogens with zero attached hydrogens (tertiary/aromatic N) is 1. The highest BCUT2D eigenvalue weighted by Gasteiger charge is 2.36. The van der Waals surface area contributed by atoms with Crippen LogP contribution < -0.4 is 9.47 Å². The Kier molecular flexibility index (Phi) is 5.31. The van der Waals surface area contributed by atoms with E-state index in [9.17, 15) is 18.0 Å². The van der Waals surface area contributed by atoms with E-state index in [0.29, 0.717) is 17.1 Å². The van der Waals surface area contributed by atoms with Crippen molar-refractivity contribution in [2.75, 3.05) is 20.0 Å². The highest BCUT2D eigenvalue weighted by atomic mass is 32.2. The molecule has 1 saturated heterocycles. The van der Waals surface area contributed by atoms with Gasteiger partial charge in [0.2, 0.25) is 5.91 Å². The molecule has 0 aliphatic carbocycles. The van der Waals surface area contributed by atoms with Gasteiger partial charge in [-0.05, 0) is 29.8 Å². The second-order valence-electron chi connectivity index (χ2n) is 5.63. The maximum atomic E-state index is 13.5. The molecule has 138 valence electrons.